The van der Waals surface area contributed by atoms with E-state index in [4.69, 9.17) is 4.74 Å². The summed E-state index contributed by atoms with van der Waals surface area (Å²) in [5, 5.41) is 10.00. The SMILES string of the molecule is COc1c(C)ccc2c1CC[C@H](CCc1ccccc1)[C@H]2CO. The Bertz CT molecular complexity index is 648. The standard InChI is InChI=1S/C21H26O2/c1-15-8-12-18-19(21(15)23-2)13-11-17(20(18)14-22)10-9-16-6-4-3-5-7-16/h3-8,12,17,20,22H,9-11,13-14H2,1-2H3/t17-,20+/m0/s1. The van der Waals surface area contributed by atoms with Crippen LogP contribution in [0.2, 0.25) is 0 Å². The number of methoxy groups -OCH3 is 1. The van der Waals surface area contributed by atoms with Crippen LogP contribution in [0.25, 0.3) is 0 Å². The average molecular weight is 310 g/mol. The van der Waals surface area contributed by atoms with Crippen LogP contribution < -0.4 is 4.74 Å². The second-order valence-corrected chi connectivity index (χ2v) is 6.60. The molecule has 23 heavy (non-hydrogen) atoms. The van der Waals surface area contributed by atoms with Crippen molar-refractivity contribution in [3.63, 3.8) is 0 Å². The van der Waals surface area contributed by atoms with Gasteiger partial charge in [0.1, 0.15) is 5.75 Å². The molecular formula is C21H26O2. The molecule has 3 rings (SSSR count). The lowest BCUT2D eigenvalue weighted by molar-refractivity contribution is 0.204. The van der Waals surface area contributed by atoms with Crippen molar-refractivity contribution in [1.29, 1.82) is 0 Å². The van der Waals surface area contributed by atoms with Gasteiger partial charge in [0.25, 0.3) is 0 Å². The zero-order valence-electron chi connectivity index (χ0n) is 14.1. The fourth-order valence-corrected chi connectivity index (χ4v) is 4.02. The van der Waals surface area contributed by atoms with Gasteiger partial charge in [0.05, 0.1) is 13.7 Å². The van der Waals surface area contributed by atoms with Gasteiger partial charge in [-0.25, -0.2) is 0 Å². The fraction of sp³-hybridized carbons (Fsp3) is 0.429. The summed E-state index contributed by atoms with van der Waals surface area (Å²) in [7, 11) is 1.75. The van der Waals surface area contributed by atoms with E-state index in [1.165, 1.54) is 22.3 Å². The number of hydrogen-bond acceptors (Lipinski definition) is 2. The molecular weight excluding hydrogens is 284 g/mol. The Kier molecular flexibility index (Phi) is 5.02. The van der Waals surface area contributed by atoms with Gasteiger partial charge in [-0.3, -0.25) is 0 Å². The first-order valence-electron chi connectivity index (χ1n) is 8.55. The van der Waals surface area contributed by atoms with Gasteiger partial charge in [0.2, 0.25) is 0 Å². The van der Waals surface area contributed by atoms with Crippen molar-refractivity contribution in [2.45, 2.75) is 38.5 Å². The number of aryl methyl sites for hydroxylation is 2. The molecule has 1 aliphatic rings. The monoisotopic (exact) mass is 310 g/mol. The van der Waals surface area contributed by atoms with E-state index in [9.17, 15) is 5.11 Å². The number of aliphatic hydroxyl groups excluding tert-OH is 1. The normalized spacial score (nSPS) is 20.1. The molecule has 0 aromatic heterocycles. The van der Waals surface area contributed by atoms with Crippen molar-refractivity contribution < 1.29 is 9.84 Å². The molecule has 2 nitrogen and oxygen atoms in total. The van der Waals surface area contributed by atoms with Crippen molar-refractivity contribution in [2.24, 2.45) is 5.92 Å². The molecule has 0 saturated heterocycles. The summed E-state index contributed by atoms with van der Waals surface area (Å²) in [5.41, 5.74) is 5.17. The van der Waals surface area contributed by atoms with Gasteiger partial charge < -0.3 is 9.84 Å². The summed E-state index contributed by atoms with van der Waals surface area (Å²) in [6.07, 6.45) is 4.40. The molecule has 2 aromatic rings. The number of aliphatic hydroxyl groups is 1. The maximum atomic E-state index is 10.00. The van der Waals surface area contributed by atoms with Crippen LogP contribution in [-0.4, -0.2) is 18.8 Å². The Hall–Kier alpha value is -1.80. The smallest absolute Gasteiger partial charge is 0.125 e. The fourth-order valence-electron chi connectivity index (χ4n) is 4.02. The Balaban J connectivity index is 1.80. The number of fused-ring (bicyclic) bond motifs is 1. The van der Waals surface area contributed by atoms with Gasteiger partial charge in [0.15, 0.2) is 0 Å². The van der Waals surface area contributed by atoms with Gasteiger partial charge in [-0.1, -0.05) is 42.5 Å². The van der Waals surface area contributed by atoms with Crippen LogP contribution in [-0.2, 0) is 12.8 Å². The highest BCUT2D eigenvalue weighted by atomic mass is 16.5. The third kappa shape index (κ3) is 3.28. The molecule has 0 saturated carbocycles. The third-order valence-corrected chi connectivity index (χ3v) is 5.27. The van der Waals surface area contributed by atoms with Crippen molar-refractivity contribution >= 4 is 0 Å². The largest absolute Gasteiger partial charge is 0.496 e. The summed E-state index contributed by atoms with van der Waals surface area (Å²) >= 11 is 0. The minimum atomic E-state index is 0.221. The number of rotatable bonds is 5. The van der Waals surface area contributed by atoms with Crippen molar-refractivity contribution in [2.75, 3.05) is 13.7 Å². The van der Waals surface area contributed by atoms with Gasteiger partial charge in [-0.15, -0.1) is 0 Å². The molecule has 0 spiro atoms. The number of hydrogen-bond donors (Lipinski definition) is 1. The first-order valence-corrected chi connectivity index (χ1v) is 8.55. The average Bonchev–Trinajstić information content (AvgIpc) is 2.60. The Morgan fingerprint density at radius 1 is 1.13 bits per heavy atom. The second-order valence-electron chi connectivity index (χ2n) is 6.60. The summed E-state index contributed by atoms with van der Waals surface area (Å²) in [4.78, 5) is 0. The van der Waals surface area contributed by atoms with Crippen molar-refractivity contribution in [3.05, 3.63) is 64.7 Å². The predicted molar refractivity (Wildman–Crippen MR) is 94.1 cm³/mol. The zero-order chi connectivity index (χ0) is 16.2. The molecule has 0 fully saturated rings. The molecule has 122 valence electrons. The molecule has 0 amide bonds. The van der Waals surface area contributed by atoms with Gasteiger partial charge in [0, 0.05) is 5.92 Å². The molecule has 2 aromatic carbocycles. The molecule has 0 unspecified atom stereocenters. The first-order chi connectivity index (χ1) is 11.2. The molecule has 1 aliphatic carbocycles. The quantitative estimate of drug-likeness (QED) is 0.893. The zero-order valence-corrected chi connectivity index (χ0v) is 14.1. The lowest BCUT2D eigenvalue weighted by atomic mass is 9.72. The number of benzene rings is 2. The van der Waals surface area contributed by atoms with Crippen molar-refractivity contribution in [1.82, 2.24) is 0 Å². The molecule has 1 N–H and O–H groups in total. The first kappa shape index (κ1) is 16.1. The third-order valence-electron chi connectivity index (χ3n) is 5.27. The van der Waals surface area contributed by atoms with E-state index in [1.807, 2.05) is 0 Å². The summed E-state index contributed by atoms with van der Waals surface area (Å²) < 4.78 is 5.62. The van der Waals surface area contributed by atoms with Crippen LogP contribution >= 0.6 is 0 Å². The van der Waals surface area contributed by atoms with Gasteiger partial charge in [-0.2, -0.15) is 0 Å². The molecule has 0 heterocycles. The maximum absolute atomic E-state index is 10.00. The van der Waals surface area contributed by atoms with E-state index < -0.39 is 0 Å². The second kappa shape index (κ2) is 7.18. The lowest BCUT2D eigenvalue weighted by Crippen LogP contribution is -2.24. The molecule has 0 aliphatic heterocycles. The number of ether oxygens (including phenoxy) is 1. The highest BCUT2D eigenvalue weighted by molar-refractivity contribution is 5.49. The highest BCUT2D eigenvalue weighted by Crippen LogP contribution is 2.42. The van der Waals surface area contributed by atoms with E-state index >= 15 is 0 Å². The lowest BCUT2D eigenvalue weighted by Gasteiger charge is -2.34. The highest BCUT2D eigenvalue weighted by Gasteiger charge is 2.30. The van der Waals surface area contributed by atoms with Gasteiger partial charge >= 0.3 is 0 Å². The van der Waals surface area contributed by atoms with E-state index in [1.54, 1.807) is 7.11 Å². The van der Waals surface area contributed by atoms with E-state index in [2.05, 4.69) is 49.4 Å². The minimum absolute atomic E-state index is 0.221. The van der Waals surface area contributed by atoms with E-state index in [0.717, 1.165) is 31.4 Å². The van der Waals surface area contributed by atoms with Crippen LogP contribution in [0.5, 0.6) is 5.75 Å². The Labute approximate surface area is 139 Å². The van der Waals surface area contributed by atoms with Crippen LogP contribution in [0.3, 0.4) is 0 Å². The van der Waals surface area contributed by atoms with Gasteiger partial charge in [-0.05, 0) is 60.8 Å². The summed E-state index contributed by atoms with van der Waals surface area (Å²) in [6, 6.07) is 15.0. The maximum Gasteiger partial charge on any atom is 0.125 e. The van der Waals surface area contributed by atoms with E-state index in [0.29, 0.717) is 5.92 Å². The topological polar surface area (TPSA) is 29.5 Å². The molecule has 0 radical (unpaired) electrons. The Morgan fingerprint density at radius 2 is 1.91 bits per heavy atom. The predicted octanol–water partition coefficient (Wildman–Crippen LogP) is 4.27. The minimum Gasteiger partial charge on any atom is -0.496 e. The van der Waals surface area contributed by atoms with E-state index in [-0.39, 0.29) is 12.5 Å². The van der Waals surface area contributed by atoms with Crippen molar-refractivity contribution in [3.8, 4) is 5.75 Å². The molecule has 0 bridgehead atoms. The van der Waals surface area contributed by atoms with Crippen LogP contribution in [0.1, 0.15) is 41.0 Å². The summed E-state index contributed by atoms with van der Waals surface area (Å²) in [6.45, 7) is 2.31. The van der Waals surface area contributed by atoms with Crippen LogP contribution in [0.4, 0.5) is 0 Å². The molecule has 2 heteroatoms. The van der Waals surface area contributed by atoms with Crippen LogP contribution in [0, 0.1) is 12.8 Å². The Morgan fingerprint density at radius 3 is 2.61 bits per heavy atom. The summed E-state index contributed by atoms with van der Waals surface area (Å²) in [5.74, 6) is 1.79. The molecule has 2 atom stereocenters. The van der Waals surface area contributed by atoms with Crippen LogP contribution in [0.15, 0.2) is 42.5 Å².